The minimum Gasteiger partial charge on any atom is -0.379 e. The second kappa shape index (κ2) is 7.92. The van der Waals surface area contributed by atoms with Gasteiger partial charge in [0.2, 0.25) is 5.91 Å². The maximum atomic E-state index is 12.3. The zero-order valence-corrected chi connectivity index (χ0v) is 15.0. The van der Waals surface area contributed by atoms with Gasteiger partial charge in [0, 0.05) is 26.1 Å². The van der Waals surface area contributed by atoms with E-state index in [9.17, 15) is 14.9 Å². The van der Waals surface area contributed by atoms with Crippen molar-refractivity contribution in [1.82, 2.24) is 9.88 Å². The van der Waals surface area contributed by atoms with Crippen LogP contribution in [0.3, 0.4) is 0 Å². The number of nitro benzene ring substituents is 1. The second-order valence-electron chi connectivity index (χ2n) is 5.78. The van der Waals surface area contributed by atoms with Crippen molar-refractivity contribution in [1.29, 1.82) is 0 Å². The summed E-state index contributed by atoms with van der Waals surface area (Å²) >= 11 is 1.57. The van der Waals surface area contributed by atoms with Crippen molar-refractivity contribution in [2.75, 3.05) is 18.9 Å². The molecule has 3 aromatic rings. The first-order valence-corrected chi connectivity index (χ1v) is 8.92. The third-order valence-corrected chi connectivity index (χ3v) is 4.91. The van der Waals surface area contributed by atoms with Crippen LogP contribution in [0.4, 0.5) is 11.4 Å². The molecule has 0 unspecified atom stereocenters. The van der Waals surface area contributed by atoms with Gasteiger partial charge in [-0.1, -0.05) is 24.3 Å². The molecule has 0 aliphatic carbocycles. The van der Waals surface area contributed by atoms with Gasteiger partial charge in [0.25, 0.3) is 5.69 Å². The van der Waals surface area contributed by atoms with E-state index in [2.05, 4.69) is 10.3 Å². The van der Waals surface area contributed by atoms with Gasteiger partial charge >= 0.3 is 0 Å². The first-order valence-electron chi connectivity index (χ1n) is 8.10. The summed E-state index contributed by atoms with van der Waals surface area (Å²) in [5.41, 5.74) is 1.35. The third-order valence-electron chi connectivity index (χ3n) is 3.89. The number of benzene rings is 2. The van der Waals surface area contributed by atoms with Gasteiger partial charge in [0.15, 0.2) is 0 Å². The average Bonchev–Trinajstić information content (AvgIpc) is 3.04. The van der Waals surface area contributed by atoms with Crippen LogP contribution in [-0.4, -0.2) is 34.3 Å². The van der Waals surface area contributed by atoms with Crippen LogP contribution in [-0.2, 0) is 11.3 Å². The maximum Gasteiger partial charge on any atom is 0.292 e. The molecule has 134 valence electrons. The molecule has 0 aliphatic heterocycles. The Morgan fingerprint density at radius 3 is 2.73 bits per heavy atom. The highest BCUT2D eigenvalue weighted by atomic mass is 32.1. The quantitative estimate of drug-likeness (QED) is 0.506. The first kappa shape index (κ1) is 17.8. The number of para-hydroxylation sites is 3. The fourth-order valence-corrected chi connectivity index (χ4v) is 3.58. The molecular formula is C18H18N4O3S. The van der Waals surface area contributed by atoms with Crippen LogP contribution in [0, 0.1) is 10.1 Å². The smallest absolute Gasteiger partial charge is 0.292 e. The van der Waals surface area contributed by atoms with Gasteiger partial charge in [0.1, 0.15) is 10.7 Å². The zero-order chi connectivity index (χ0) is 18.5. The molecule has 1 N–H and O–H groups in total. The topological polar surface area (TPSA) is 88.4 Å². The number of anilines is 1. The molecule has 0 bridgehead atoms. The Hall–Kier alpha value is -3.00. The van der Waals surface area contributed by atoms with Gasteiger partial charge in [0.05, 0.1) is 21.7 Å². The predicted octanol–water partition coefficient (Wildman–Crippen LogP) is 3.67. The Bertz CT molecular complexity index is 908. The predicted molar refractivity (Wildman–Crippen MR) is 102 cm³/mol. The highest BCUT2D eigenvalue weighted by Gasteiger charge is 2.14. The van der Waals surface area contributed by atoms with Crippen LogP contribution in [0.2, 0.25) is 0 Å². The summed E-state index contributed by atoms with van der Waals surface area (Å²) < 4.78 is 1.10. The number of aromatic nitrogens is 1. The van der Waals surface area contributed by atoms with Crippen LogP contribution < -0.4 is 5.32 Å². The van der Waals surface area contributed by atoms with Gasteiger partial charge in [-0.15, -0.1) is 11.3 Å². The number of nitro groups is 1. The van der Waals surface area contributed by atoms with Gasteiger partial charge in [-0.05, 0) is 18.2 Å². The summed E-state index contributed by atoms with van der Waals surface area (Å²) in [6.07, 6.45) is 0.243. The molecule has 7 nitrogen and oxygen atoms in total. The number of carbonyl (C=O) groups is 1. The van der Waals surface area contributed by atoms with Crippen molar-refractivity contribution in [3.05, 3.63) is 63.7 Å². The van der Waals surface area contributed by atoms with E-state index in [1.165, 1.54) is 6.07 Å². The summed E-state index contributed by atoms with van der Waals surface area (Å²) in [6, 6.07) is 14.3. The summed E-state index contributed by atoms with van der Waals surface area (Å²) in [5.74, 6) is -0.0460. The minimum absolute atomic E-state index is 0.00257. The largest absolute Gasteiger partial charge is 0.379 e. The molecule has 0 saturated heterocycles. The molecule has 26 heavy (non-hydrogen) atoms. The number of nitrogens with one attached hydrogen (secondary N) is 1. The molecule has 8 heteroatoms. The molecule has 0 spiro atoms. The van der Waals surface area contributed by atoms with Crippen molar-refractivity contribution in [3.8, 4) is 0 Å². The fraction of sp³-hybridized carbons (Fsp3) is 0.222. The number of carbonyl (C=O) groups excluding carboxylic acids is 1. The maximum absolute atomic E-state index is 12.3. The number of hydrogen-bond acceptors (Lipinski definition) is 6. The van der Waals surface area contributed by atoms with E-state index < -0.39 is 4.92 Å². The van der Waals surface area contributed by atoms with Crippen molar-refractivity contribution in [2.24, 2.45) is 0 Å². The lowest BCUT2D eigenvalue weighted by molar-refractivity contribution is -0.384. The molecule has 0 fully saturated rings. The highest BCUT2D eigenvalue weighted by Crippen LogP contribution is 2.24. The van der Waals surface area contributed by atoms with Crippen LogP contribution in [0.5, 0.6) is 0 Å². The molecule has 1 heterocycles. The summed E-state index contributed by atoms with van der Waals surface area (Å²) in [4.78, 5) is 29.0. The molecular weight excluding hydrogens is 352 g/mol. The summed E-state index contributed by atoms with van der Waals surface area (Å²) in [5, 5.41) is 14.8. The first-order chi connectivity index (χ1) is 12.5. The van der Waals surface area contributed by atoms with Gasteiger partial charge in [-0.2, -0.15) is 0 Å². The van der Waals surface area contributed by atoms with Crippen LogP contribution in [0.1, 0.15) is 11.4 Å². The van der Waals surface area contributed by atoms with Crippen LogP contribution >= 0.6 is 11.3 Å². The lowest BCUT2D eigenvalue weighted by Crippen LogP contribution is -2.27. The highest BCUT2D eigenvalue weighted by molar-refractivity contribution is 7.18. The standard InChI is InChI=1S/C18H18N4O3S/c1-21(12-17-20-14-7-3-5-9-16(14)26-17)18(23)10-11-19-13-6-2-4-8-15(13)22(24)25/h2-9,19H,10-12H2,1H3. The van der Waals surface area contributed by atoms with Crippen LogP contribution in [0.15, 0.2) is 48.5 Å². The van der Waals surface area contributed by atoms with E-state index >= 15 is 0 Å². The monoisotopic (exact) mass is 370 g/mol. The molecule has 1 aromatic heterocycles. The summed E-state index contributed by atoms with van der Waals surface area (Å²) in [7, 11) is 1.74. The lowest BCUT2D eigenvalue weighted by atomic mass is 10.2. The SMILES string of the molecule is CN(Cc1nc2ccccc2s1)C(=O)CCNc1ccccc1[N+](=O)[O-]. The average molecular weight is 370 g/mol. The van der Waals surface area contributed by atoms with E-state index in [4.69, 9.17) is 0 Å². The Labute approximate surface area is 154 Å². The van der Waals surface area contributed by atoms with Crippen molar-refractivity contribution in [2.45, 2.75) is 13.0 Å². The van der Waals surface area contributed by atoms with Crippen molar-refractivity contribution >= 4 is 38.8 Å². The molecule has 0 atom stereocenters. The molecule has 3 rings (SSSR count). The number of thiazole rings is 1. The van der Waals surface area contributed by atoms with Gasteiger partial charge < -0.3 is 10.2 Å². The van der Waals surface area contributed by atoms with Gasteiger partial charge in [-0.25, -0.2) is 4.98 Å². The summed E-state index contributed by atoms with van der Waals surface area (Å²) in [6.45, 7) is 0.775. The van der Waals surface area contributed by atoms with Crippen LogP contribution in [0.25, 0.3) is 10.2 Å². The minimum atomic E-state index is -0.441. The van der Waals surface area contributed by atoms with E-state index in [0.717, 1.165) is 15.2 Å². The zero-order valence-electron chi connectivity index (χ0n) is 14.2. The number of amides is 1. The number of nitrogens with zero attached hydrogens (tertiary/aromatic N) is 3. The van der Waals surface area contributed by atoms with E-state index in [0.29, 0.717) is 18.8 Å². The molecule has 1 amide bonds. The fourth-order valence-electron chi connectivity index (χ4n) is 2.56. The molecule has 0 radical (unpaired) electrons. The number of rotatable bonds is 7. The Balaban J connectivity index is 1.54. The molecule has 2 aromatic carbocycles. The van der Waals surface area contributed by atoms with Gasteiger partial charge in [-0.3, -0.25) is 14.9 Å². The normalized spacial score (nSPS) is 10.7. The Morgan fingerprint density at radius 1 is 1.23 bits per heavy atom. The van der Waals surface area contributed by atoms with E-state index in [1.807, 2.05) is 24.3 Å². The second-order valence-corrected chi connectivity index (χ2v) is 6.89. The van der Waals surface area contributed by atoms with E-state index in [-0.39, 0.29) is 18.0 Å². The number of fused-ring (bicyclic) bond motifs is 1. The number of hydrogen-bond donors (Lipinski definition) is 1. The Kier molecular flexibility index (Phi) is 5.43. The van der Waals surface area contributed by atoms with Crippen molar-refractivity contribution in [3.63, 3.8) is 0 Å². The molecule has 0 aliphatic rings. The lowest BCUT2D eigenvalue weighted by Gasteiger charge is -2.16. The Morgan fingerprint density at radius 2 is 1.96 bits per heavy atom. The molecule has 0 saturated carbocycles. The third kappa shape index (κ3) is 4.15. The van der Waals surface area contributed by atoms with E-state index in [1.54, 1.807) is 41.5 Å². The van der Waals surface area contributed by atoms with Crippen molar-refractivity contribution < 1.29 is 9.72 Å².